The van der Waals surface area contributed by atoms with Gasteiger partial charge in [0, 0.05) is 23.9 Å². The topological polar surface area (TPSA) is 17.8 Å². The second-order valence-corrected chi connectivity index (χ2v) is 3.90. The Hall–Kier alpha value is -1.16. The lowest BCUT2D eigenvalue weighted by molar-refractivity contribution is 0.628. The summed E-state index contributed by atoms with van der Waals surface area (Å²) in [5.74, 6) is 0.365. The summed E-state index contributed by atoms with van der Waals surface area (Å²) in [7, 11) is 1.84. The van der Waals surface area contributed by atoms with E-state index in [1.54, 1.807) is 29.1 Å². The van der Waals surface area contributed by atoms with Crippen LogP contribution in [-0.4, -0.2) is 9.55 Å². The van der Waals surface area contributed by atoms with Crippen LogP contribution in [0.4, 0.5) is 4.39 Å². The van der Waals surface area contributed by atoms with Gasteiger partial charge in [0.2, 0.25) is 0 Å². The van der Waals surface area contributed by atoms with Crippen molar-refractivity contribution in [2.45, 2.75) is 0 Å². The molecule has 4 heteroatoms. The number of hydrogen-bond acceptors (Lipinski definition) is 1. The molecule has 14 heavy (non-hydrogen) atoms. The highest BCUT2D eigenvalue weighted by Gasteiger charge is 2.08. The van der Waals surface area contributed by atoms with Crippen molar-refractivity contribution in [2.24, 2.45) is 7.05 Å². The van der Waals surface area contributed by atoms with Gasteiger partial charge >= 0.3 is 0 Å². The van der Waals surface area contributed by atoms with Gasteiger partial charge in [0.25, 0.3) is 0 Å². The monoisotopic (exact) mass is 254 g/mol. The molecule has 0 radical (unpaired) electrons. The summed E-state index contributed by atoms with van der Waals surface area (Å²) < 4.78 is 16.0. The Labute approximate surface area is 89.5 Å². The fraction of sp³-hybridized carbons (Fsp3) is 0.100. The lowest BCUT2D eigenvalue weighted by atomic mass is 10.2. The van der Waals surface area contributed by atoms with Crippen molar-refractivity contribution >= 4 is 15.9 Å². The summed E-state index contributed by atoms with van der Waals surface area (Å²) in [6.45, 7) is 0. The standard InChI is InChI=1S/C10H8BrFN2/c1-14-5-4-13-10(14)8-3-2-7(11)6-9(8)12/h2-6H,1H3. The molecule has 0 bridgehead atoms. The van der Waals surface area contributed by atoms with Gasteiger partial charge in [0.05, 0.1) is 5.56 Å². The highest BCUT2D eigenvalue weighted by Crippen LogP contribution is 2.23. The van der Waals surface area contributed by atoms with Crippen molar-refractivity contribution in [3.05, 3.63) is 40.9 Å². The molecule has 0 aliphatic carbocycles. The summed E-state index contributed by atoms with van der Waals surface area (Å²) in [4.78, 5) is 4.08. The number of imidazole rings is 1. The van der Waals surface area contributed by atoms with E-state index in [-0.39, 0.29) is 5.82 Å². The molecule has 0 atom stereocenters. The van der Waals surface area contributed by atoms with Gasteiger partial charge < -0.3 is 4.57 Å². The minimum atomic E-state index is -0.270. The van der Waals surface area contributed by atoms with Gasteiger partial charge in [-0.2, -0.15) is 0 Å². The first-order valence-corrected chi connectivity index (χ1v) is 4.90. The first kappa shape index (κ1) is 9.40. The number of rotatable bonds is 1. The molecule has 0 fully saturated rings. The lowest BCUT2D eigenvalue weighted by Gasteiger charge is -2.03. The summed E-state index contributed by atoms with van der Waals surface area (Å²) in [6.07, 6.45) is 3.44. The van der Waals surface area contributed by atoms with Gasteiger partial charge in [-0.3, -0.25) is 0 Å². The Balaban J connectivity index is 2.58. The van der Waals surface area contributed by atoms with Crippen LogP contribution in [0.5, 0.6) is 0 Å². The first-order chi connectivity index (χ1) is 6.68. The van der Waals surface area contributed by atoms with Crippen molar-refractivity contribution in [1.82, 2.24) is 9.55 Å². The third-order valence-corrected chi connectivity index (χ3v) is 2.49. The Morgan fingerprint density at radius 1 is 1.43 bits per heavy atom. The average molecular weight is 255 g/mol. The lowest BCUT2D eigenvalue weighted by Crippen LogP contribution is -1.93. The number of halogens is 2. The summed E-state index contributed by atoms with van der Waals surface area (Å²) >= 11 is 3.21. The van der Waals surface area contributed by atoms with Crippen LogP contribution < -0.4 is 0 Å². The SMILES string of the molecule is Cn1ccnc1-c1ccc(Br)cc1F. The van der Waals surface area contributed by atoms with Gasteiger partial charge in [-0.1, -0.05) is 15.9 Å². The molecule has 0 aliphatic rings. The molecule has 0 unspecified atom stereocenters. The Kier molecular flexibility index (Phi) is 2.37. The molecule has 1 aromatic carbocycles. The van der Waals surface area contributed by atoms with Crippen LogP contribution >= 0.6 is 15.9 Å². The molecule has 0 aliphatic heterocycles. The van der Waals surface area contributed by atoms with Crippen molar-refractivity contribution in [1.29, 1.82) is 0 Å². The molecule has 0 N–H and O–H groups in total. The minimum Gasteiger partial charge on any atom is -0.334 e. The molecule has 2 aromatic rings. The van der Waals surface area contributed by atoms with Gasteiger partial charge in [0.15, 0.2) is 0 Å². The highest BCUT2D eigenvalue weighted by molar-refractivity contribution is 9.10. The van der Waals surface area contributed by atoms with E-state index in [4.69, 9.17) is 0 Å². The van der Waals surface area contributed by atoms with Crippen molar-refractivity contribution < 1.29 is 4.39 Å². The zero-order valence-corrected chi connectivity index (χ0v) is 9.12. The molecule has 2 nitrogen and oxygen atoms in total. The summed E-state index contributed by atoms with van der Waals surface area (Å²) in [5.41, 5.74) is 0.515. The first-order valence-electron chi connectivity index (χ1n) is 4.11. The van der Waals surface area contributed by atoms with Crippen molar-refractivity contribution in [3.63, 3.8) is 0 Å². The Bertz CT molecular complexity index is 465. The second kappa shape index (κ2) is 3.53. The minimum absolute atomic E-state index is 0.270. The number of hydrogen-bond donors (Lipinski definition) is 0. The van der Waals surface area contributed by atoms with Crippen molar-refractivity contribution in [2.75, 3.05) is 0 Å². The van der Waals surface area contributed by atoms with Gasteiger partial charge in [-0.25, -0.2) is 9.37 Å². The predicted octanol–water partition coefficient (Wildman–Crippen LogP) is 2.99. The van der Waals surface area contributed by atoms with Crippen LogP contribution in [0.25, 0.3) is 11.4 Å². The molecule has 2 rings (SSSR count). The summed E-state index contributed by atoms with van der Waals surface area (Å²) in [6, 6.07) is 4.94. The fourth-order valence-corrected chi connectivity index (χ4v) is 1.63. The van der Waals surface area contributed by atoms with E-state index in [1.807, 2.05) is 7.05 Å². The Morgan fingerprint density at radius 2 is 2.21 bits per heavy atom. The second-order valence-electron chi connectivity index (χ2n) is 2.99. The molecule has 72 valence electrons. The number of nitrogens with zero attached hydrogens (tertiary/aromatic N) is 2. The maximum atomic E-state index is 13.5. The third-order valence-electron chi connectivity index (χ3n) is 1.99. The van der Waals surface area contributed by atoms with Gasteiger partial charge in [-0.15, -0.1) is 0 Å². The van der Waals surface area contributed by atoms with Crippen LogP contribution in [0.1, 0.15) is 0 Å². The quantitative estimate of drug-likeness (QED) is 0.765. The largest absolute Gasteiger partial charge is 0.334 e. The van der Waals surface area contributed by atoms with E-state index in [0.717, 1.165) is 4.47 Å². The fourth-order valence-electron chi connectivity index (χ4n) is 1.30. The van der Waals surface area contributed by atoms with E-state index in [9.17, 15) is 4.39 Å². The maximum absolute atomic E-state index is 13.5. The van der Waals surface area contributed by atoms with E-state index >= 15 is 0 Å². The predicted molar refractivity (Wildman–Crippen MR) is 56.3 cm³/mol. The third kappa shape index (κ3) is 1.57. The number of aryl methyl sites for hydroxylation is 1. The molecular formula is C10H8BrFN2. The Morgan fingerprint density at radius 3 is 2.79 bits per heavy atom. The van der Waals surface area contributed by atoms with Crippen LogP contribution in [0.3, 0.4) is 0 Å². The molecule has 1 aromatic heterocycles. The highest BCUT2D eigenvalue weighted by atomic mass is 79.9. The van der Waals surface area contributed by atoms with E-state index in [0.29, 0.717) is 11.4 Å². The smallest absolute Gasteiger partial charge is 0.142 e. The zero-order chi connectivity index (χ0) is 10.1. The van der Waals surface area contributed by atoms with E-state index in [1.165, 1.54) is 6.07 Å². The average Bonchev–Trinajstić information content (AvgIpc) is 2.52. The van der Waals surface area contributed by atoms with Crippen LogP contribution in [0.15, 0.2) is 35.1 Å². The molecule has 0 saturated heterocycles. The summed E-state index contributed by atoms with van der Waals surface area (Å²) in [5, 5.41) is 0. The van der Waals surface area contributed by atoms with E-state index in [2.05, 4.69) is 20.9 Å². The van der Waals surface area contributed by atoms with Gasteiger partial charge in [0.1, 0.15) is 11.6 Å². The molecule has 0 amide bonds. The molecule has 0 spiro atoms. The van der Waals surface area contributed by atoms with E-state index < -0.39 is 0 Å². The van der Waals surface area contributed by atoms with Crippen molar-refractivity contribution in [3.8, 4) is 11.4 Å². The normalized spacial score (nSPS) is 10.5. The van der Waals surface area contributed by atoms with Crippen LogP contribution in [0.2, 0.25) is 0 Å². The van der Waals surface area contributed by atoms with Gasteiger partial charge in [-0.05, 0) is 18.2 Å². The maximum Gasteiger partial charge on any atom is 0.142 e. The zero-order valence-electron chi connectivity index (χ0n) is 7.54. The number of aromatic nitrogens is 2. The molecular weight excluding hydrogens is 247 g/mol. The molecule has 0 saturated carbocycles. The van der Waals surface area contributed by atoms with Crippen LogP contribution in [-0.2, 0) is 7.05 Å². The number of benzene rings is 1. The molecule has 1 heterocycles. The van der Waals surface area contributed by atoms with Crippen LogP contribution in [0, 0.1) is 5.82 Å².